The van der Waals surface area contributed by atoms with Crippen LogP contribution in [-0.4, -0.2) is 9.97 Å². The first-order valence-electron chi connectivity index (χ1n) is 4.73. The van der Waals surface area contributed by atoms with E-state index < -0.39 is 11.9 Å². The van der Waals surface area contributed by atoms with E-state index in [0.717, 1.165) is 6.07 Å². The summed E-state index contributed by atoms with van der Waals surface area (Å²) in [5.74, 6) is 0.152. The molecule has 0 radical (unpaired) electrons. The van der Waals surface area contributed by atoms with Gasteiger partial charge in [-0.15, -0.1) is 0 Å². The van der Waals surface area contributed by atoms with Crippen LogP contribution in [0.5, 0.6) is 0 Å². The van der Waals surface area contributed by atoms with Crippen molar-refractivity contribution in [2.75, 3.05) is 5.73 Å². The third kappa shape index (κ3) is 2.35. The summed E-state index contributed by atoms with van der Waals surface area (Å²) in [4.78, 5) is 7.33. The van der Waals surface area contributed by atoms with Crippen LogP contribution < -0.4 is 5.73 Å². The average Bonchev–Trinajstić information content (AvgIpc) is 2.29. The third-order valence-electron chi connectivity index (χ3n) is 2.15. The molecule has 2 aromatic rings. The monoisotopic (exact) mass is 239 g/mol. The molecule has 0 unspecified atom stereocenters. The van der Waals surface area contributed by atoms with Crippen LogP contribution in [0.25, 0.3) is 11.3 Å². The van der Waals surface area contributed by atoms with Crippen molar-refractivity contribution in [3.05, 3.63) is 42.2 Å². The van der Waals surface area contributed by atoms with E-state index in [1.165, 1.54) is 18.3 Å². The Morgan fingerprint density at radius 3 is 2.47 bits per heavy atom. The Labute approximate surface area is 95.1 Å². The van der Waals surface area contributed by atoms with Crippen LogP contribution in [0.2, 0.25) is 0 Å². The zero-order valence-corrected chi connectivity index (χ0v) is 8.57. The van der Waals surface area contributed by atoms with Crippen molar-refractivity contribution in [1.82, 2.24) is 9.97 Å². The molecule has 0 saturated carbocycles. The van der Waals surface area contributed by atoms with Crippen molar-refractivity contribution in [3.63, 3.8) is 0 Å². The smallest absolute Gasteiger partial charge is 0.383 e. The minimum absolute atomic E-state index is 0.152. The Bertz CT molecular complexity index is 537. The van der Waals surface area contributed by atoms with Gasteiger partial charge in [0.15, 0.2) is 0 Å². The van der Waals surface area contributed by atoms with E-state index in [-0.39, 0.29) is 11.5 Å². The summed E-state index contributed by atoms with van der Waals surface area (Å²) in [5.41, 5.74) is 5.18. The zero-order chi connectivity index (χ0) is 12.5. The Balaban J connectivity index is 2.51. The maximum atomic E-state index is 12.5. The highest BCUT2D eigenvalue weighted by Crippen LogP contribution is 2.30. The predicted octanol–water partition coefficient (Wildman–Crippen LogP) is 2.74. The number of nitrogens with two attached hydrogens (primary N) is 1. The number of pyridine rings is 2. The standard InChI is InChI=1S/C11H8F3N3/c12-11(13,14)9-5-1-4-8(17-9)7-3-2-6-16-10(7)15/h1-6H,(H2,15,16). The lowest BCUT2D eigenvalue weighted by Crippen LogP contribution is -2.08. The Kier molecular flexibility index (Phi) is 2.71. The van der Waals surface area contributed by atoms with Gasteiger partial charge in [0, 0.05) is 11.8 Å². The van der Waals surface area contributed by atoms with E-state index in [2.05, 4.69) is 9.97 Å². The van der Waals surface area contributed by atoms with Gasteiger partial charge in [-0.2, -0.15) is 13.2 Å². The molecular weight excluding hydrogens is 231 g/mol. The van der Waals surface area contributed by atoms with Crippen LogP contribution in [0, 0.1) is 0 Å². The third-order valence-corrected chi connectivity index (χ3v) is 2.15. The van der Waals surface area contributed by atoms with Gasteiger partial charge in [-0.1, -0.05) is 6.07 Å². The number of nitrogen functional groups attached to an aromatic ring is 1. The van der Waals surface area contributed by atoms with Crippen LogP contribution in [0.15, 0.2) is 36.5 Å². The summed E-state index contributed by atoms with van der Waals surface area (Å²) in [7, 11) is 0. The van der Waals surface area contributed by atoms with Gasteiger partial charge in [0.05, 0.1) is 5.69 Å². The number of aromatic nitrogens is 2. The van der Waals surface area contributed by atoms with Crippen LogP contribution in [0.3, 0.4) is 0 Å². The molecule has 2 aromatic heterocycles. The lowest BCUT2D eigenvalue weighted by molar-refractivity contribution is -0.141. The lowest BCUT2D eigenvalue weighted by atomic mass is 10.1. The second-order valence-electron chi connectivity index (χ2n) is 3.34. The maximum absolute atomic E-state index is 12.5. The Hall–Kier alpha value is -2.11. The number of hydrogen-bond acceptors (Lipinski definition) is 3. The van der Waals surface area contributed by atoms with Crippen molar-refractivity contribution >= 4 is 5.82 Å². The molecule has 0 bridgehead atoms. The van der Waals surface area contributed by atoms with E-state index in [4.69, 9.17) is 5.73 Å². The second-order valence-corrected chi connectivity index (χ2v) is 3.34. The molecule has 0 aliphatic carbocycles. The van der Waals surface area contributed by atoms with E-state index in [0.29, 0.717) is 5.56 Å². The molecule has 0 aromatic carbocycles. The number of halogens is 3. The van der Waals surface area contributed by atoms with Crippen molar-refractivity contribution in [3.8, 4) is 11.3 Å². The zero-order valence-electron chi connectivity index (χ0n) is 8.57. The van der Waals surface area contributed by atoms with Gasteiger partial charge in [-0.3, -0.25) is 0 Å². The van der Waals surface area contributed by atoms with Crippen molar-refractivity contribution in [2.24, 2.45) is 0 Å². The number of hydrogen-bond donors (Lipinski definition) is 1. The summed E-state index contributed by atoms with van der Waals surface area (Å²) >= 11 is 0. The highest BCUT2D eigenvalue weighted by atomic mass is 19.4. The van der Waals surface area contributed by atoms with E-state index in [1.807, 2.05) is 0 Å². The highest BCUT2D eigenvalue weighted by molar-refractivity contribution is 5.70. The molecule has 0 atom stereocenters. The molecule has 17 heavy (non-hydrogen) atoms. The first kappa shape index (κ1) is 11.4. The second kappa shape index (κ2) is 4.04. The van der Waals surface area contributed by atoms with Gasteiger partial charge < -0.3 is 5.73 Å². The van der Waals surface area contributed by atoms with Gasteiger partial charge in [-0.05, 0) is 24.3 Å². The molecule has 88 valence electrons. The predicted molar refractivity (Wildman–Crippen MR) is 56.9 cm³/mol. The fourth-order valence-electron chi connectivity index (χ4n) is 1.38. The van der Waals surface area contributed by atoms with E-state index in [9.17, 15) is 13.2 Å². The largest absolute Gasteiger partial charge is 0.433 e. The van der Waals surface area contributed by atoms with Gasteiger partial charge in [0.2, 0.25) is 0 Å². The van der Waals surface area contributed by atoms with Gasteiger partial charge in [0.25, 0.3) is 0 Å². The minimum atomic E-state index is -4.47. The number of nitrogens with zero attached hydrogens (tertiary/aromatic N) is 2. The summed E-state index contributed by atoms with van der Waals surface area (Å²) < 4.78 is 37.4. The maximum Gasteiger partial charge on any atom is 0.433 e. The van der Waals surface area contributed by atoms with Crippen LogP contribution in [-0.2, 0) is 6.18 Å². The molecule has 2 N–H and O–H groups in total. The number of alkyl halides is 3. The summed E-state index contributed by atoms with van der Waals surface area (Å²) in [6, 6.07) is 6.83. The van der Waals surface area contributed by atoms with E-state index in [1.54, 1.807) is 12.1 Å². The summed E-state index contributed by atoms with van der Waals surface area (Å²) in [5, 5.41) is 0. The van der Waals surface area contributed by atoms with Crippen LogP contribution in [0.4, 0.5) is 19.0 Å². The number of anilines is 1. The first-order valence-corrected chi connectivity index (χ1v) is 4.73. The van der Waals surface area contributed by atoms with Crippen molar-refractivity contribution < 1.29 is 13.2 Å². The molecular formula is C11H8F3N3. The normalized spacial score (nSPS) is 11.5. The molecule has 3 nitrogen and oxygen atoms in total. The average molecular weight is 239 g/mol. The molecule has 0 aliphatic rings. The molecule has 2 rings (SSSR count). The molecule has 0 fully saturated rings. The Morgan fingerprint density at radius 2 is 1.82 bits per heavy atom. The molecule has 6 heteroatoms. The quantitative estimate of drug-likeness (QED) is 0.832. The lowest BCUT2D eigenvalue weighted by Gasteiger charge is -2.08. The summed E-state index contributed by atoms with van der Waals surface area (Å²) in [6.07, 6.45) is -3.00. The fraction of sp³-hybridized carbons (Fsp3) is 0.0909. The van der Waals surface area contributed by atoms with E-state index >= 15 is 0 Å². The topological polar surface area (TPSA) is 51.8 Å². The molecule has 2 heterocycles. The van der Waals surface area contributed by atoms with Crippen LogP contribution in [0.1, 0.15) is 5.69 Å². The highest BCUT2D eigenvalue weighted by Gasteiger charge is 2.32. The van der Waals surface area contributed by atoms with Crippen molar-refractivity contribution in [1.29, 1.82) is 0 Å². The molecule has 0 amide bonds. The van der Waals surface area contributed by atoms with Gasteiger partial charge >= 0.3 is 6.18 Å². The van der Waals surface area contributed by atoms with Gasteiger partial charge in [0.1, 0.15) is 11.5 Å². The van der Waals surface area contributed by atoms with Crippen LogP contribution >= 0.6 is 0 Å². The number of rotatable bonds is 1. The Morgan fingerprint density at radius 1 is 1.06 bits per heavy atom. The van der Waals surface area contributed by atoms with Crippen molar-refractivity contribution in [2.45, 2.75) is 6.18 Å². The molecule has 0 spiro atoms. The van der Waals surface area contributed by atoms with Gasteiger partial charge in [-0.25, -0.2) is 9.97 Å². The minimum Gasteiger partial charge on any atom is -0.383 e. The molecule has 0 aliphatic heterocycles. The fourth-order valence-corrected chi connectivity index (χ4v) is 1.38. The SMILES string of the molecule is Nc1ncccc1-c1cccc(C(F)(F)F)n1. The molecule has 0 saturated heterocycles. The first-order chi connectivity index (χ1) is 7.98. The summed E-state index contributed by atoms with van der Waals surface area (Å²) in [6.45, 7) is 0.